The first-order valence-corrected chi connectivity index (χ1v) is 7.69. The van der Waals surface area contributed by atoms with Gasteiger partial charge in [-0.1, -0.05) is 30.3 Å². The zero-order valence-electron chi connectivity index (χ0n) is 11.4. The van der Waals surface area contributed by atoms with Crippen LogP contribution in [-0.2, 0) is 16.6 Å². The van der Waals surface area contributed by atoms with Crippen LogP contribution in [0.2, 0.25) is 0 Å². The van der Waals surface area contributed by atoms with E-state index in [9.17, 15) is 18.3 Å². The normalized spacial score (nSPS) is 10.7. The van der Waals surface area contributed by atoms with Crippen molar-refractivity contribution < 1.29 is 18.3 Å². The lowest BCUT2D eigenvalue weighted by Crippen LogP contribution is -2.35. The maximum absolute atomic E-state index is 12.4. The van der Waals surface area contributed by atoms with Gasteiger partial charge in [-0.05, 0) is 29.8 Å². The summed E-state index contributed by atoms with van der Waals surface area (Å²) in [7, 11) is -4.15. The largest absolute Gasteiger partial charge is 0.464 e. The van der Waals surface area contributed by atoms with Gasteiger partial charge in [-0.3, -0.25) is 0 Å². The Morgan fingerprint density at radius 2 is 1.68 bits per heavy atom. The number of nitriles is 1. The van der Waals surface area contributed by atoms with Crippen LogP contribution in [0.5, 0.6) is 0 Å². The third kappa shape index (κ3) is 3.24. The maximum Gasteiger partial charge on any atom is 0.421 e. The van der Waals surface area contributed by atoms with Gasteiger partial charge in [0.2, 0.25) is 0 Å². The van der Waals surface area contributed by atoms with E-state index in [1.807, 2.05) is 6.07 Å². The molecule has 0 saturated carbocycles. The van der Waals surface area contributed by atoms with Crippen LogP contribution in [0.25, 0.3) is 0 Å². The Balaban J connectivity index is 2.34. The molecule has 0 aromatic heterocycles. The van der Waals surface area contributed by atoms with Gasteiger partial charge in [-0.25, -0.2) is 13.2 Å². The molecule has 0 heterocycles. The highest BCUT2D eigenvalue weighted by Crippen LogP contribution is 2.18. The fraction of sp³-hybridized carbons (Fsp3) is 0.0667. The van der Waals surface area contributed by atoms with E-state index in [0.29, 0.717) is 15.4 Å². The lowest BCUT2D eigenvalue weighted by molar-refractivity contribution is 0.170. The highest BCUT2D eigenvalue weighted by molar-refractivity contribution is 7.89. The molecular weight excluding hydrogens is 304 g/mol. The van der Waals surface area contributed by atoms with E-state index in [0.717, 1.165) is 0 Å². The van der Waals surface area contributed by atoms with Crippen molar-refractivity contribution in [2.45, 2.75) is 11.4 Å². The number of rotatable bonds is 4. The average molecular weight is 316 g/mol. The minimum Gasteiger partial charge on any atom is -0.464 e. The van der Waals surface area contributed by atoms with E-state index >= 15 is 0 Å². The number of hydrogen-bond donors (Lipinski definition) is 1. The second-order valence-electron chi connectivity index (χ2n) is 4.42. The fourth-order valence-corrected chi connectivity index (χ4v) is 3.11. The van der Waals surface area contributed by atoms with E-state index < -0.39 is 16.1 Å². The van der Waals surface area contributed by atoms with Gasteiger partial charge in [0.25, 0.3) is 10.0 Å². The average Bonchev–Trinajstić information content (AvgIpc) is 2.53. The molecule has 6 nitrogen and oxygen atoms in total. The summed E-state index contributed by atoms with van der Waals surface area (Å²) in [6.45, 7) is -0.321. The number of nitrogens with zero attached hydrogens (tertiary/aromatic N) is 2. The summed E-state index contributed by atoms with van der Waals surface area (Å²) >= 11 is 0. The molecule has 0 unspecified atom stereocenters. The fourth-order valence-electron chi connectivity index (χ4n) is 1.83. The highest BCUT2D eigenvalue weighted by atomic mass is 32.2. The molecule has 0 aliphatic heterocycles. The SMILES string of the molecule is N#Cc1ccc(CN(C(=O)O)S(=O)(=O)c2ccccc2)cc1. The molecule has 2 aromatic carbocycles. The molecule has 112 valence electrons. The number of hydrogen-bond acceptors (Lipinski definition) is 4. The van der Waals surface area contributed by atoms with E-state index in [1.54, 1.807) is 6.07 Å². The molecule has 0 radical (unpaired) electrons. The van der Waals surface area contributed by atoms with Gasteiger partial charge in [-0.2, -0.15) is 9.57 Å². The van der Waals surface area contributed by atoms with Crippen LogP contribution in [0.1, 0.15) is 11.1 Å². The van der Waals surface area contributed by atoms with Crippen LogP contribution in [0.3, 0.4) is 0 Å². The summed E-state index contributed by atoms with van der Waals surface area (Å²) in [5, 5.41) is 18.0. The molecule has 2 aromatic rings. The third-order valence-electron chi connectivity index (χ3n) is 2.95. The minimum atomic E-state index is -4.15. The van der Waals surface area contributed by atoms with Crippen molar-refractivity contribution in [3.05, 3.63) is 65.7 Å². The minimum absolute atomic E-state index is 0.0916. The van der Waals surface area contributed by atoms with Gasteiger partial charge in [0.1, 0.15) is 0 Å². The van der Waals surface area contributed by atoms with Gasteiger partial charge >= 0.3 is 6.09 Å². The molecule has 0 fully saturated rings. The summed E-state index contributed by atoms with van der Waals surface area (Å²) in [6, 6.07) is 15.4. The summed E-state index contributed by atoms with van der Waals surface area (Å²) in [5.74, 6) is 0. The topological polar surface area (TPSA) is 98.5 Å². The van der Waals surface area contributed by atoms with Crippen molar-refractivity contribution in [2.24, 2.45) is 0 Å². The zero-order valence-corrected chi connectivity index (χ0v) is 12.2. The Labute approximate surface area is 127 Å². The van der Waals surface area contributed by atoms with Gasteiger partial charge in [0, 0.05) is 0 Å². The van der Waals surface area contributed by atoms with E-state index in [4.69, 9.17) is 5.26 Å². The molecule has 7 heteroatoms. The van der Waals surface area contributed by atoms with Crippen LogP contribution in [-0.4, -0.2) is 23.9 Å². The van der Waals surface area contributed by atoms with Crippen molar-refractivity contribution in [3.8, 4) is 6.07 Å². The van der Waals surface area contributed by atoms with E-state index in [2.05, 4.69) is 0 Å². The molecule has 0 aliphatic carbocycles. The summed E-state index contributed by atoms with van der Waals surface area (Å²) < 4.78 is 25.2. The van der Waals surface area contributed by atoms with Crippen LogP contribution >= 0.6 is 0 Å². The van der Waals surface area contributed by atoms with E-state index in [1.165, 1.54) is 48.5 Å². The van der Waals surface area contributed by atoms with Crippen molar-refractivity contribution in [3.63, 3.8) is 0 Å². The first-order valence-electron chi connectivity index (χ1n) is 6.25. The molecule has 0 bridgehead atoms. The Bertz CT molecular complexity index is 809. The predicted molar refractivity (Wildman–Crippen MR) is 78.4 cm³/mol. The lowest BCUT2D eigenvalue weighted by Gasteiger charge is -2.19. The quantitative estimate of drug-likeness (QED) is 0.934. The molecule has 0 saturated heterocycles. The Kier molecular flexibility index (Phi) is 4.44. The molecule has 22 heavy (non-hydrogen) atoms. The molecule has 1 N–H and O–H groups in total. The van der Waals surface area contributed by atoms with Gasteiger partial charge in [0.15, 0.2) is 0 Å². The van der Waals surface area contributed by atoms with Gasteiger partial charge in [-0.15, -0.1) is 0 Å². The van der Waals surface area contributed by atoms with Crippen molar-refractivity contribution in [1.29, 1.82) is 5.26 Å². The van der Waals surface area contributed by atoms with E-state index in [-0.39, 0.29) is 11.4 Å². The Hall–Kier alpha value is -2.85. The first kappa shape index (κ1) is 15.5. The van der Waals surface area contributed by atoms with Gasteiger partial charge in [0.05, 0.1) is 23.1 Å². The first-order chi connectivity index (χ1) is 10.4. The maximum atomic E-state index is 12.4. The standard InChI is InChI=1S/C15H12N2O4S/c16-10-12-6-8-13(9-7-12)11-17(15(18)19)22(20,21)14-4-2-1-3-5-14/h1-9H,11H2,(H,18,19). The Morgan fingerprint density at radius 3 is 2.18 bits per heavy atom. The molecule has 1 amide bonds. The van der Waals surface area contributed by atoms with Gasteiger partial charge < -0.3 is 5.11 Å². The molecule has 0 spiro atoms. The van der Waals surface area contributed by atoms with Crippen molar-refractivity contribution in [2.75, 3.05) is 0 Å². The van der Waals surface area contributed by atoms with Crippen molar-refractivity contribution >= 4 is 16.1 Å². The van der Waals surface area contributed by atoms with Crippen LogP contribution in [0.4, 0.5) is 4.79 Å². The smallest absolute Gasteiger partial charge is 0.421 e. The summed E-state index contributed by atoms with van der Waals surface area (Å²) in [6.07, 6.45) is -1.56. The summed E-state index contributed by atoms with van der Waals surface area (Å²) in [4.78, 5) is 11.2. The molecular formula is C15H12N2O4S. The Morgan fingerprint density at radius 1 is 1.09 bits per heavy atom. The molecule has 0 aliphatic rings. The molecule has 0 atom stereocenters. The zero-order chi connectivity index (χ0) is 16.2. The third-order valence-corrected chi connectivity index (χ3v) is 4.69. The molecule has 2 rings (SSSR count). The number of amides is 1. The van der Waals surface area contributed by atoms with Crippen LogP contribution < -0.4 is 0 Å². The highest BCUT2D eigenvalue weighted by Gasteiger charge is 2.29. The van der Waals surface area contributed by atoms with Crippen LogP contribution in [0.15, 0.2) is 59.5 Å². The lowest BCUT2D eigenvalue weighted by atomic mass is 10.1. The number of benzene rings is 2. The second-order valence-corrected chi connectivity index (χ2v) is 6.28. The summed E-state index contributed by atoms with van der Waals surface area (Å²) in [5.41, 5.74) is 0.887. The second kappa shape index (κ2) is 6.28. The van der Waals surface area contributed by atoms with Crippen molar-refractivity contribution in [1.82, 2.24) is 4.31 Å². The van der Waals surface area contributed by atoms with Crippen LogP contribution in [0, 0.1) is 11.3 Å². The number of sulfonamides is 1. The predicted octanol–water partition coefficient (Wildman–Crippen LogP) is 2.43. The number of carbonyl (C=O) groups is 1. The monoisotopic (exact) mass is 316 g/mol. The number of carboxylic acid groups (broad SMARTS) is 1.